The summed E-state index contributed by atoms with van der Waals surface area (Å²) in [4.78, 5) is 11.7. The summed E-state index contributed by atoms with van der Waals surface area (Å²) in [6.07, 6.45) is 4.49. The maximum absolute atomic E-state index is 12.7. The third-order valence-corrected chi connectivity index (χ3v) is 3.51. The molecule has 20 heavy (non-hydrogen) atoms. The number of anilines is 1. The standard InChI is InChI=1S/C15H20FN3O/c1-11-4-2-3-5-14(11)18-19-15(20)10-17-13-8-6-12(16)7-9-13/h6-9,11,17H,2-5,10H2,1H3,(H,19,20)/t11-/m1/s1. The highest BCUT2D eigenvalue weighted by Gasteiger charge is 2.15. The van der Waals surface area contributed by atoms with Crippen molar-refractivity contribution in [3.8, 4) is 0 Å². The lowest BCUT2D eigenvalue weighted by Gasteiger charge is -2.19. The van der Waals surface area contributed by atoms with Gasteiger partial charge in [0.15, 0.2) is 0 Å². The van der Waals surface area contributed by atoms with Crippen molar-refractivity contribution >= 4 is 17.3 Å². The summed E-state index contributed by atoms with van der Waals surface area (Å²) < 4.78 is 12.7. The first-order valence-corrected chi connectivity index (χ1v) is 7.00. The highest BCUT2D eigenvalue weighted by Crippen LogP contribution is 2.20. The van der Waals surface area contributed by atoms with E-state index >= 15 is 0 Å². The van der Waals surface area contributed by atoms with E-state index in [4.69, 9.17) is 0 Å². The molecule has 1 aliphatic rings. The number of nitrogens with zero attached hydrogens (tertiary/aromatic N) is 1. The molecule has 4 nitrogen and oxygen atoms in total. The minimum absolute atomic E-state index is 0.122. The van der Waals surface area contributed by atoms with Crippen LogP contribution in [0.4, 0.5) is 10.1 Å². The molecule has 0 heterocycles. The molecular formula is C15H20FN3O. The van der Waals surface area contributed by atoms with Crippen molar-refractivity contribution in [2.45, 2.75) is 32.6 Å². The number of halogens is 1. The minimum atomic E-state index is -0.294. The van der Waals surface area contributed by atoms with Gasteiger partial charge in [-0.15, -0.1) is 0 Å². The molecule has 108 valence electrons. The normalized spacial score (nSPS) is 20.7. The molecule has 0 spiro atoms. The Morgan fingerprint density at radius 2 is 2.10 bits per heavy atom. The van der Waals surface area contributed by atoms with Crippen LogP contribution in [0.5, 0.6) is 0 Å². The van der Waals surface area contributed by atoms with Gasteiger partial charge in [0.25, 0.3) is 5.91 Å². The third-order valence-electron chi connectivity index (χ3n) is 3.51. The van der Waals surface area contributed by atoms with Crippen LogP contribution in [0.3, 0.4) is 0 Å². The van der Waals surface area contributed by atoms with Gasteiger partial charge in [0.05, 0.1) is 6.54 Å². The molecular weight excluding hydrogens is 257 g/mol. The highest BCUT2D eigenvalue weighted by molar-refractivity contribution is 5.89. The van der Waals surface area contributed by atoms with Crippen LogP contribution >= 0.6 is 0 Å². The van der Waals surface area contributed by atoms with Gasteiger partial charge in [0.1, 0.15) is 5.82 Å². The lowest BCUT2D eigenvalue weighted by atomic mass is 9.89. The molecule has 1 amide bonds. The van der Waals surface area contributed by atoms with E-state index in [1.54, 1.807) is 12.1 Å². The van der Waals surface area contributed by atoms with Gasteiger partial charge < -0.3 is 5.32 Å². The quantitative estimate of drug-likeness (QED) is 0.831. The Hall–Kier alpha value is -1.91. The van der Waals surface area contributed by atoms with Crippen LogP contribution in [0.25, 0.3) is 0 Å². The van der Waals surface area contributed by atoms with E-state index in [9.17, 15) is 9.18 Å². The monoisotopic (exact) mass is 277 g/mol. The number of carbonyl (C=O) groups excluding carboxylic acids is 1. The molecule has 1 atom stereocenters. The van der Waals surface area contributed by atoms with E-state index in [0.717, 1.165) is 25.0 Å². The van der Waals surface area contributed by atoms with Gasteiger partial charge in [0, 0.05) is 11.4 Å². The SMILES string of the molecule is C[C@@H]1CCCCC1=NNC(=O)CNc1ccc(F)cc1. The van der Waals surface area contributed by atoms with E-state index in [0.29, 0.717) is 11.6 Å². The number of nitrogens with one attached hydrogen (secondary N) is 2. The average molecular weight is 277 g/mol. The first-order chi connectivity index (χ1) is 9.65. The molecule has 2 N–H and O–H groups in total. The smallest absolute Gasteiger partial charge is 0.259 e. The Labute approximate surface area is 118 Å². The second kappa shape index (κ2) is 7.03. The van der Waals surface area contributed by atoms with Crippen LogP contribution in [0, 0.1) is 11.7 Å². The zero-order valence-electron chi connectivity index (χ0n) is 11.7. The van der Waals surface area contributed by atoms with Crippen molar-refractivity contribution in [2.24, 2.45) is 11.0 Å². The van der Waals surface area contributed by atoms with Gasteiger partial charge in [-0.3, -0.25) is 4.79 Å². The van der Waals surface area contributed by atoms with E-state index < -0.39 is 0 Å². The molecule has 5 heteroatoms. The minimum Gasteiger partial charge on any atom is -0.376 e. The summed E-state index contributed by atoms with van der Waals surface area (Å²) >= 11 is 0. The zero-order valence-corrected chi connectivity index (χ0v) is 11.7. The van der Waals surface area contributed by atoms with E-state index in [1.165, 1.54) is 18.6 Å². The molecule has 0 bridgehead atoms. The second-order valence-electron chi connectivity index (χ2n) is 5.15. The summed E-state index contributed by atoms with van der Waals surface area (Å²) in [6.45, 7) is 2.26. The molecule has 2 rings (SSSR count). The average Bonchev–Trinajstić information content (AvgIpc) is 2.46. The van der Waals surface area contributed by atoms with Gasteiger partial charge >= 0.3 is 0 Å². The molecule has 0 saturated heterocycles. The molecule has 0 unspecified atom stereocenters. The second-order valence-corrected chi connectivity index (χ2v) is 5.15. The molecule has 0 aliphatic heterocycles. The number of hydrogen-bond donors (Lipinski definition) is 2. The Morgan fingerprint density at radius 1 is 1.35 bits per heavy atom. The summed E-state index contributed by atoms with van der Waals surface area (Å²) in [5, 5.41) is 7.13. The largest absolute Gasteiger partial charge is 0.376 e. The van der Waals surface area contributed by atoms with Crippen molar-refractivity contribution in [1.82, 2.24) is 5.43 Å². The zero-order chi connectivity index (χ0) is 14.4. The predicted octanol–water partition coefficient (Wildman–Crippen LogP) is 2.92. The fraction of sp³-hybridized carbons (Fsp3) is 0.467. The van der Waals surface area contributed by atoms with E-state index in [-0.39, 0.29) is 18.3 Å². The van der Waals surface area contributed by atoms with Crippen LogP contribution in [-0.4, -0.2) is 18.2 Å². The van der Waals surface area contributed by atoms with Gasteiger partial charge in [-0.2, -0.15) is 5.10 Å². The van der Waals surface area contributed by atoms with Crippen LogP contribution in [0.1, 0.15) is 32.6 Å². The fourth-order valence-corrected chi connectivity index (χ4v) is 2.26. The predicted molar refractivity (Wildman–Crippen MR) is 78.1 cm³/mol. The number of benzene rings is 1. The number of carbonyl (C=O) groups is 1. The van der Waals surface area contributed by atoms with Gasteiger partial charge in [-0.05, 0) is 49.4 Å². The summed E-state index contributed by atoms with van der Waals surface area (Å²) in [5.74, 6) is -0.0357. The summed E-state index contributed by atoms with van der Waals surface area (Å²) in [5.41, 5.74) is 4.36. The van der Waals surface area contributed by atoms with Crippen molar-refractivity contribution in [3.63, 3.8) is 0 Å². The van der Waals surface area contributed by atoms with Crippen LogP contribution < -0.4 is 10.7 Å². The molecule has 0 aromatic heterocycles. The van der Waals surface area contributed by atoms with Gasteiger partial charge in [0.2, 0.25) is 0 Å². The number of rotatable bonds is 4. The van der Waals surface area contributed by atoms with Crippen molar-refractivity contribution < 1.29 is 9.18 Å². The maximum Gasteiger partial charge on any atom is 0.259 e. The maximum atomic E-state index is 12.7. The van der Waals surface area contributed by atoms with Crippen molar-refractivity contribution in [1.29, 1.82) is 0 Å². The fourth-order valence-electron chi connectivity index (χ4n) is 2.26. The molecule has 1 fully saturated rings. The molecule has 1 aliphatic carbocycles. The number of amides is 1. The Bertz CT molecular complexity index is 484. The molecule has 1 aromatic rings. The Balaban J connectivity index is 1.77. The number of hydrogen-bond acceptors (Lipinski definition) is 3. The summed E-state index contributed by atoms with van der Waals surface area (Å²) in [7, 11) is 0. The first-order valence-electron chi connectivity index (χ1n) is 7.00. The number of hydrazone groups is 1. The molecule has 0 radical (unpaired) electrons. The Kier molecular flexibility index (Phi) is 5.09. The Morgan fingerprint density at radius 3 is 2.80 bits per heavy atom. The molecule has 1 aromatic carbocycles. The van der Waals surface area contributed by atoms with Gasteiger partial charge in [-0.1, -0.05) is 13.3 Å². The lowest BCUT2D eigenvalue weighted by Crippen LogP contribution is -2.28. The third kappa shape index (κ3) is 4.33. The lowest BCUT2D eigenvalue weighted by molar-refractivity contribution is -0.119. The summed E-state index contributed by atoms with van der Waals surface area (Å²) in [6, 6.07) is 5.89. The van der Waals surface area contributed by atoms with Crippen molar-refractivity contribution in [3.05, 3.63) is 30.1 Å². The van der Waals surface area contributed by atoms with Gasteiger partial charge in [-0.25, -0.2) is 9.82 Å². The van der Waals surface area contributed by atoms with Crippen LogP contribution in [0.2, 0.25) is 0 Å². The van der Waals surface area contributed by atoms with Crippen LogP contribution in [-0.2, 0) is 4.79 Å². The highest BCUT2D eigenvalue weighted by atomic mass is 19.1. The van der Waals surface area contributed by atoms with Crippen molar-refractivity contribution in [2.75, 3.05) is 11.9 Å². The van der Waals surface area contributed by atoms with Crippen LogP contribution in [0.15, 0.2) is 29.4 Å². The molecule has 1 saturated carbocycles. The topological polar surface area (TPSA) is 53.5 Å². The van der Waals surface area contributed by atoms with E-state index in [2.05, 4.69) is 22.8 Å². The first kappa shape index (κ1) is 14.5. The van der Waals surface area contributed by atoms with E-state index in [1.807, 2.05) is 0 Å².